The van der Waals surface area contributed by atoms with Gasteiger partial charge in [-0.15, -0.1) is 0 Å². The Morgan fingerprint density at radius 2 is 1.71 bits per heavy atom. The number of alkyl halides is 3. The minimum absolute atomic E-state index is 0.0198. The summed E-state index contributed by atoms with van der Waals surface area (Å²) in [6.07, 6.45) is -0.585. The number of ether oxygens (including phenoxy) is 1. The normalized spacial score (nSPS) is 16.2. The monoisotopic (exact) mass is 503 g/mol. The first-order chi connectivity index (χ1) is 16.9. The van der Waals surface area contributed by atoms with Gasteiger partial charge in [-0.25, -0.2) is 0 Å². The van der Waals surface area contributed by atoms with E-state index in [9.17, 15) is 13.2 Å². The number of likely N-dealkylation sites (tertiary alicyclic amines) is 1. The van der Waals surface area contributed by atoms with Crippen LogP contribution in [0.4, 0.5) is 13.2 Å². The topological polar surface area (TPSA) is 37.4 Å². The van der Waals surface area contributed by atoms with Crippen LogP contribution < -0.4 is 10.1 Å². The SMILES string of the molecule is FC(F)(F)c1ccccc1OCCN1CCC(CNC(c2ccc(Cl)cc2)c2ccccn2)CC1. The number of para-hydroxylation sites is 1. The van der Waals surface area contributed by atoms with Gasteiger partial charge in [0.1, 0.15) is 12.4 Å². The summed E-state index contributed by atoms with van der Waals surface area (Å²) in [6, 6.07) is 19.1. The van der Waals surface area contributed by atoms with Gasteiger partial charge >= 0.3 is 6.18 Å². The Labute approximate surface area is 209 Å². The predicted octanol–water partition coefficient (Wildman–Crippen LogP) is 6.22. The Morgan fingerprint density at radius 1 is 1.00 bits per heavy atom. The van der Waals surface area contributed by atoms with Crippen LogP contribution in [0.1, 0.15) is 35.7 Å². The van der Waals surface area contributed by atoms with Crippen molar-refractivity contribution in [1.29, 1.82) is 0 Å². The van der Waals surface area contributed by atoms with Crippen molar-refractivity contribution < 1.29 is 17.9 Å². The molecular formula is C27H29ClF3N3O. The summed E-state index contributed by atoms with van der Waals surface area (Å²) in [5.74, 6) is 0.401. The number of nitrogens with one attached hydrogen (secondary N) is 1. The first-order valence-corrected chi connectivity index (χ1v) is 12.2. The van der Waals surface area contributed by atoms with Crippen LogP contribution in [-0.2, 0) is 6.18 Å². The van der Waals surface area contributed by atoms with Crippen LogP contribution in [0.2, 0.25) is 5.02 Å². The fraction of sp³-hybridized carbons (Fsp3) is 0.370. The van der Waals surface area contributed by atoms with Crippen LogP contribution in [0.25, 0.3) is 0 Å². The molecule has 1 saturated heterocycles. The number of halogens is 4. The standard InChI is InChI=1S/C27H29ClF3N3O/c28-22-10-8-21(9-11-22)26(24-6-3-4-14-32-24)33-19-20-12-15-34(16-13-20)17-18-35-25-7-2-1-5-23(25)27(29,30)31/h1-11,14,20,26,33H,12-13,15-19H2. The van der Waals surface area contributed by atoms with Crippen LogP contribution in [0.3, 0.4) is 0 Å². The summed E-state index contributed by atoms with van der Waals surface area (Å²) in [6.45, 7) is 3.48. The average Bonchev–Trinajstić information content (AvgIpc) is 2.86. The predicted molar refractivity (Wildman–Crippen MR) is 132 cm³/mol. The van der Waals surface area contributed by atoms with Crippen molar-refractivity contribution in [3.05, 3.63) is 94.8 Å². The number of benzene rings is 2. The molecule has 4 nitrogen and oxygen atoms in total. The minimum Gasteiger partial charge on any atom is -0.492 e. The average molecular weight is 504 g/mol. The van der Waals surface area contributed by atoms with Gasteiger partial charge in [0.25, 0.3) is 0 Å². The first kappa shape index (κ1) is 25.5. The second-order valence-corrected chi connectivity index (χ2v) is 9.21. The Kier molecular flexibility index (Phi) is 8.65. The van der Waals surface area contributed by atoms with Gasteiger partial charge in [-0.3, -0.25) is 9.88 Å². The lowest BCUT2D eigenvalue weighted by Crippen LogP contribution is -2.40. The molecule has 186 valence electrons. The van der Waals surface area contributed by atoms with Crippen LogP contribution in [0.5, 0.6) is 5.75 Å². The van der Waals surface area contributed by atoms with Crippen LogP contribution >= 0.6 is 11.6 Å². The minimum atomic E-state index is -4.42. The van der Waals surface area contributed by atoms with Gasteiger partial charge in [-0.05, 0) is 80.4 Å². The van der Waals surface area contributed by atoms with Crippen LogP contribution in [0, 0.1) is 5.92 Å². The van der Waals surface area contributed by atoms with E-state index in [0.29, 0.717) is 17.5 Å². The molecule has 1 N–H and O–H groups in total. The zero-order valence-electron chi connectivity index (χ0n) is 19.3. The molecule has 1 unspecified atom stereocenters. The van der Waals surface area contributed by atoms with Gasteiger partial charge in [0.2, 0.25) is 0 Å². The number of piperidine rings is 1. The molecule has 0 amide bonds. The van der Waals surface area contributed by atoms with Crippen molar-refractivity contribution >= 4 is 11.6 Å². The molecule has 1 aliphatic heterocycles. The molecule has 0 spiro atoms. The van der Waals surface area contributed by atoms with Crippen molar-refractivity contribution in [1.82, 2.24) is 15.2 Å². The summed E-state index contributed by atoms with van der Waals surface area (Å²) in [5.41, 5.74) is 1.35. The molecule has 0 bridgehead atoms. The summed E-state index contributed by atoms with van der Waals surface area (Å²) in [5, 5.41) is 4.39. The molecule has 35 heavy (non-hydrogen) atoms. The second-order valence-electron chi connectivity index (χ2n) is 8.77. The summed E-state index contributed by atoms with van der Waals surface area (Å²) >= 11 is 6.07. The molecule has 2 aromatic carbocycles. The van der Waals surface area contributed by atoms with Gasteiger partial charge < -0.3 is 10.1 Å². The molecule has 1 aliphatic rings. The fourth-order valence-corrected chi connectivity index (χ4v) is 4.53. The maximum Gasteiger partial charge on any atom is 0.419 e. The Hall–Kier alpha value is -2.61. The number of nitrogens with zero attached hydrogens (tertiary/aromatic N) is 2. The highest BCUT2D eigenvalue weighted by Gasteiger charge is 2.34. The summed E-state index contributed by atoms with van der Waals surface area (Å²) in [7, 11) is 0. The maximum atomic E-state index is 13.1. The van der Waals surface area contributed by atoms with Gasteiger partial charge in [-0.2, -0.15) is 13.2 Å². The number of hydrogen-bond acceptors (Lipinski definition) is 4. The van der Waals surface area contributed by atoms with E-state index in [1.165, 1.54) is 12.1 Å². The Balaban J connectivity index is 1.25. The summed E-state index contributed by atoms with van der Waals surface area (Å²) < 4.78 is 44.9. The molecule has 0 aliphatic carbocycles. The van der Waals surface area contributed by atoms with Gasteiger partial charge in [0.15, 0.2) is 0 Å². The zero-order valence-corrected chi connectivity index (χ0v) is 20.1. The molecule has 1 fully saturated rings. The smallest absolute Gasteiger partial charge is 0.419 e. The Morgan fingerprint density at radius 3 is 2.40 bits per heavy atom. The molecule has 1 atom stereocenters. The van der Waals surface area contributed by atoms with E-state index >= 15 is 0 Å². The fourth-order valence-electron chi connectivity index (χ4n) is 4.41. The molecule has 0 radical (unpaired) electrons. The van der Waals surface area contributed by atoms with E-state index in [1.807, 2.05) is 42.5 Å². The van der Waals surface area contributed by atoms with E-state index in [1.54, 1.807) is 12.3 Å². The highest BCUT2D eigenvalue weighted by molar-refractivity contribution is 6.30. The van der Waals surface area contributed by atoms with E-state index in [0.717, 1.165) is 49.8 Å². The number of rotatable bonds is 9. The lowest BCUT2D eigenvalue weighted by Gasteiger charge is -2.33. The molecular weight excluding hydrogens is 475 g/mol. The molecule has 3 aromatic rings. The third kappa shape index (κ3) is 7.19. The number of aromatic nitrogens is 1. The van der Waals surface area contributed by atoms with Crippen LogP contribution in [0.15, 0.2) is 72.9 Å². The van der Waals surface area contributed by atoms with E-state index in [2.05, 4.69) is 15.2 Å². The summed E-state index contributed by atoms with van der Waals surface area (Å²) in [4.78, 5) is 6.80. The molecule has 0 saturated carbocycles. The Bertz CT molecular complexity index is 1060. The third-order valence-electron chi connectivity index (χ3n) is 6.36. The lowest BCUT2D eigenvalue weighted by molar-refractivity contribution is -0.139. The van der Waals surface area contributed by atoms with E-state index < -0.39 is 11.7 Å². The quantitative estimate of drug-likeness (QED) is 0.376. The largest absolute Gasteiger partial charge is 0.492 e. The molecule has 2 heterocycles. The van der Waals surface area contributed by atoms with E-state index in [4.69, 9.17) is 16.3 Å². The number of hydrogen-bond donors (Lipinski definition) is 1. The first-order valence-electron chi connectivity index (χ1n) is 11.8. The third-order valence-corrected chi connectivity index (χ3v) is 6.61. The second kappa shape index (κ2) is 11.9. The highest BCUT2D eigenvalue weighted by atomic mass is 35.5. The van der Waals surface area contributed by atoms with Gasteiger partial charge in [0.05, 0.1) is 17.3 Å². The molecule has 4 rings (SSSR count). The van der Waals surface area contributed by atoms with Crippen molar-refractivity contribution in [2.45, 2.75) is 25.1 Å². The number of pyridine rings is 1. The maximum absolute atomic E-state index is 13.1. The molecule has 8 heteroatoms. The van der Waals surface area contributed by atoms with Crippen molar-refractivity contribution in [3.8, 4) is 5.75 Å². The van der Waals surface area contributed by atoms with Gasteiger partial charge in [-0.1, -0.05) is 41.9 Å². The van der Waals surface area contributed by atoms with Crippen molar-refractivity contribution in [3.63, 3.8) is 0 Å². The zero-order chi connectivity index (χ0) is 24.7. The van der Waals surface area contributed by atoms with Crippen LogP contribution in [-0.4, -0.2) is 42.7 Å². The van der Waals surface area contributed by atoms with Crippen molar-refractivity contribution in [2.24, 2.45) is 5.92 Å². The lowest BCUT2D eigenvalue weighted by atomic mass is 9.95. The molecule has 1 aromatic heterocycles. The van der Waals surface area contributed by atoms with Crippen molar-refractivity contribution in [2.75, 3.05) is 32.8 Å². The van der Waals surface area contributed by atoms with E-state index in [-0.39, 0.29) is 18.4 Å². The van der Waals surface area contributed by atoms with Gasteiger partial charge in [0, 0.05) is 17.8 Å². The highest BCUT2D eigenvalue weighted by Crippen LogP contribution is 2.35.